The number of esters is 1. The number of nitro benzene ring substituents is 1. The van der Waals surface area contributed by atoms with Gasteiger partial charge in [0.25, 0.3) is 11.6 Å². The molecule has 0 saturated carbocycles. The molecule has 0 atom stereocenters. The number of anilines is 1. The first-order valence-electron chi connectivity index (χ1n) is 7.26. The highest BCUT2D eigenvalue weighted by Gasteiger charge is 2.18. The first-order chi connectivity index (χ1) is 11.8. The molecule has 8 heteroatoms. The summed E-state index contributed by atoms with van der Waals surface area (Å²) in [6.07, 6.45) is 0. The Kier molecular flexibility index (Phi) is 5.71. The fraction of sp³-hybridized carbons (Fsp3) is 0.176. The molecule has 2 aromatic rings. The van der Waals surface area contributed by atoms with Crippen molar-refractivity contribution < 1.29 is 19.2 Å². The summed E-state index contributed by atoms with van der Waals surface area (Å²) in [5, 5.41) is 13.4. The van der Waals surface area contributed by atoms with Gasteiger partial charge in [0.05, 0.1) is 10.5 Å². The lowest BCUT2D eigenvalue weighted by molar-refractivity contribution is -0.384. The van der Waals surface area contributed by atoms with E-state index in [-0.39, 0.29) is 10.6 Å². The zero-order valence-electron chi connectivity index (χ0n) is 13.5. The van der Waals surface area contributed by atoms with Gasteiger partial charge in [0, 0.05) is 11.8 Å². The van der Waals surface area contributed by atoms with Crippen molar-refractivity contribution in [1.82, 2.24) is 0 Å². The standard InChI is InChI=1S/C17H15ClN2O5/c1-10-4-3-5-14(11(10)2)19-16(21)9-25-17(22)12-6-7-13(18)15(8-12)20(23)24/h3-8H,9H2,1-2H3,(H,19,21). The van der Waals surface area contributed by atoms with Gasteiger partial charge in [-0.25, -0.2) is 4.79 Å². The van der Waals surface area contributed by atoms with E-state index in [0.29, 0.717) is 5.69 Å². The Balaban J connectivity index is 2.00. The van der Waals surface area contributed by atoms with Crippen molar-refractivity contribution in [3.63, 3.8) is 0 Å². The lowest BCUT2D eigenvalue weighted by atomic mass is 10.1. The summed E-state index contributed by atoms with van der Waals surface area (Å²) in [6.45, 7) is 3.27. The predicted octanol–water partition coefficient (Wildman–Crippen LogP) is 3.66. The lowest BCUT2D eigenvalue weighted by Crippen LogP contribution is -2.21. The molecule has 0 aliphatic carbocycles. The van der Waals surface area contributed by atoms with Crippen LogP contribution in [0.3, 0.4) is 0 Å². The van der Waals surface area contributed by atoms with Gasteiger partial charge in [0.1, 0.15) is 5.02 Å². The van der Waals surface area contributed by atoms with Gasteiger partial charge in [0.15, 0.2) is 6.61 Å². The van der Waals surface area contributed by atoms with Crippen LogP contribution in [0, 0.1) is 24.0 Å². The maximum Gasteiger partial charge on any atom is 0.338 e. The normalized spacial score (nSPS) is 10.2. The third-order valence-corrected chi connectivity index (χ3v) is 3.91. The average Bonchev–Trinajstić information content (AvgIpc) is 2.57. The van der Waals surface area contributed by atoms with Crippen molar-refractivity contribution in [1.29, 1.82) is 0 Å². The van der Waals surface area contributed by atoms with E-state index >= 15 is 0 Å². The molecular formula is C17H15ClN2O5. The van der Waals surface area contributed by atoms with E-state index in [1.54, 1.807) is 12.1 Å². The van der Waals surface area contributed by atoms with E-state index in [9.17, 15) is 19.7 Å². The summed E-state index contributed by atoms with van der Waals surface area (Å²) in [4.78, 5) is 34.0. The van der Waals surface area contributed by atoms with E-state index in [0.717, 1.165) is 17.2 Å². The summed E-state index contributed by atoms with van der Waals surface area (Å²) in [6, 6.07) is 8.99. The fourth-order valence-electron chi connectivity index (χ4n) is 2.07. The number of nitrogens with zero attached hydrogens (tertiary/aromatic N) is 1. The van der Waals surface area contributed by atoms with Crippen LogP contribution < -0.4 is 5.32 Å². The maximum atomic E-state index is 11.9. The smallest absolute Gasteiger partial charge is 0.338 e. The van der Waals surface area contributed by atoms with E-state index < -0.39 is 29.1 Å². The number of nitrogens with one attached hydrogen (secondary N) is 1. The number of halogens is 1. The molecule has 2 rings (SSSR count). The lowest BCUT2D eigenvalue weighted by Gasteiger charge is -2.10. The Morgan fingerprint density at radius 2 is 1.96 bits per heavy atom. The molecule has 1 amide bonds. The molecule has 0 bridgehead atoms. The van der Waals surface area contributed by atoms with Crippen molar-refractivity contribution in [2.45, 2.75) is 13.8 Å². The van der Waals surface area contributed by atoms with Gasteiger partial charge in [-0.2, -0.15) is 0 Å². The largest absolute Gasteiger partial charge is 0.452 e. The minimum atomic E-state index is -0.851. The van der Waals surface area contributed by atoms with Gasteiger partial charge >= 0.3 is 5.97 Å². The van der Waals surface area contributed by atoms with E-state index in [1.165, 1.54) is 12.1 Å². The zero-order valence-corrected chi connectivity index (χ0v) is 14.3. The van der Waals surface area contributed by atoms with Gasteiger partial charge in [-0.15, -0.1) is 0 Å². The molecule has 0 aliphatic rings. The van der Waals surface area contributed by atoms with Crippen molar-refractivity contribution in [3.8, 4) is 0 Å². The topological polar surface area (TPSA) is 98.5 Å². The van der Waals surface area contributed by atoms with Crippen LogP contribution in [0.1, 0.15) is 21.5 Å². The van der Waals surface area contributed by atoms with Gasteiger partial charge in [-0.3, -0.25) is 14.9 Å². The molecule has 130 valence electrons. The molecule has 0 spiro atoms. The zero-order chi connectivity index (χ0) is 18.6. The van der Waals surface area contributed by atoms with Crippen LogP contribution in [0.25, 0.3) is 0 Å². The Morgan fingerprint density at radius 1 is 1.24 bits per heavy atom. The Labute approximate surface area is 148 Å². The molecule has 25 heavy (non-hydrogen) atoms. The average molecular weight is 363 g/mol. The molecule has 0 aliphatic heterocycles. The van der Waals surface area contributed by atoms with E-state index in [4.69, 9.17) is 16.3 Å². The molecule has 0 fully saturated rings. The highest BCUT2D eigenvalue weighted by atomic mass is 35.5. The molecule has 0 radical (unpaired) electrons. The minimum absolute atomic E-state index is 0.0596. The van der Waals surface area contributed by atoms with Gasteiger partial charge in [-0.1, -0.05) is 23.7 Å². The van der Waals surface area contributed by atoms with Crippen LogP contribution in [0.4, 0.5) is 11.4 Å². The number of nitro groups is 1. The third-order valence-electron chi connectivity index (χ3n) is 3.59. The molecule has 7 nitrogen and oxygen atoms in total. The van der Waals surface area contributed by atoms with Crippen molar-refractivity contribution >= 4 is 34.9 Å². The fourth-order valence-corrected chi connectivity index (χ4v) is 2.25. The van der Waals surface area contributed by atoms with E-state index in [1.807, 2.05) is 19.9 Å². The number of benzene rings is 2. The second-order valence-corrected chi connectivity index (χ2v) is 5.70. The number of ether oxygens (including phenoxy) is 1. The Morgan fingerprint density at radius 3 is 2.64 bits per heavy atom. The Hall–Kier alpha value is -2.93. The summed E-state index contributed by atoms with van der Waals surface area (Å²) in [7, 11) is 0. The van der Waals surface area contributed by atoms with E-state index in [2.05, 4.69) is 5.32 Å². The monoisotopic (exact) mass is 362 g/mol. The molecule has 0 aromatic heterocycles. The summed E-state index contributed by atoms with van der Waals surface area (Å²) < 4.78 is 4.89. The summed E-state index contributed by atoms with van der Waals surface area (Å²) in [5.74, 6) is -1.36. The second-order valence-electron chi connectivity index (χ2n) is 5.30. The van der Waals surface area contributed by atoms with Crippen LogP contribution in [-0.2, 0) is 9.53 Å². The SMILES string of the molecule is Cc1cccc(NC(=O)COC(=O)c2ccc(Cl)c([N+](=O)[O-])c2)c1C. The molecule has 0 unspecified atom stereocenters. The number of hydrogen-bond donors (Lipinski definition) is 1. The van der Waals surface area contributed by atoms with Crippen LogP contribution in [-0.4, -0.2) is 23.4 Å². The first-order valence-corrected chi connectivity index (χ1v) is 7.64. The number of carbonyl (C=O) groups is 2. The van der Waals surface area contributed by atoms with Crippen LogP contribution in [0.2, 0.25) is 5.02 Å². The Bertz CT molecular complexity index is 851. The second kappa shape index (κ2) is 7.76. The number of amides is 1. The molecular weight excluding hydrogens is 348 g/mol. The van der Waals surface area contributed by atoms with Crippen molar-refractivity contribution in [2.75, 3.05) is 11.9 Å². The minimum Gasteiger partial charge on any atom is -0.452 e. The maximum absolute atomic E-state index is 11.9. The van der Waals surface area contributed by atoms with Crippen LogP contribution >= 0.6 is 11.6 Å². The van der Waals surface area contributed by atoms with Crippen molar-refractivity contribution in [3.05, 3.63) is 68.2 Å². The molecule has 0 saturated heterocycles. The molecule has 2 aromatic carbocycles. The first kappa shape index (κ1) is 18.4. The molecule has 1 N–H and O–H groups in total. The van der Waals surface area contributed by atoms with Gasteiger partial charge < -0.3 is 10.1 Å². The van der Waals surface area contributed by atoms with Crippen LogP contribution in [0.15, 0.2) is 36.4 Å². The van der Waals surface area contributed by atoms with Crippen molar-refractivity contribution in [2.24, 2.45) is 0 Å². The number of aryl methyl sites for hydroxylation is 1. The molecule has 0 heterocycles. The number of carbonyl (C=O) groups excluding carboxylic acids is 2. The third kappa shape index (κ3) is 4.54. The highest BCUT2D eigenvalue weighted by Crippen LogP contribution is 2.25. The summed E-state index contributed by atoms with van der Waals surface area (Å²) in [5.41, 5.74) is 2.09. The number of hydrogen-bond acceptors (Lipinski definition) is 5. The summed E-state index contributed by atoms with van der Waals surface area (Å²) >= 11 is 5.68. The highest BCUT2D eigenvalue weighted by molar-refractivity contribution is 6.32. The van der Waals surface area contributed by atoms with Crippen LogP contribution in [0.5, 0.6) is 0 Å². The predicted molar refractivity (Wildman–Crippen MR) is 92.9 cm³/mol. The quantitative estimate of drug-likeness (QED) is 0.497. The number of rotatable bonds is 5. The van der Waals surface area contributed by atoms with Gasteiger partial charge in [-0.05, 0) is 43.2 Å². The van der Waals surface area contributed by atoms with Gasteiger partial charge in [0.2, 0.25) is 0 Å².